The fourth-order valence-electron chi connectivity index (χ4n) is 2.47. The Bertz CT molecular complexity index is 541. The molecule has 0 bridgehead atoms. The van der Waals surface area contributed by atoms with Gasteiger partial charge in [0, 0.05) is 45.5 Å². The zero-order chi connectivity index (χ0) is 13.8. The van der Waals surface area contributed by atoms with Crippen molar-refractivity contribution < 1.29 is 0 Å². The highest BCUT2D eigenvalue weighted by molar-refractivity contribution is 5.05. The maximum absolute atomic E-state index is 11.9. The molecule has 1 aliphatic rings. The molecule has 1 aromatic rings. The van der Waals surface area contributed by atoms with Gasteiger partial charge in [-0.25, -0.2) is 4.79 Å². The van der Waals surface area contributed by atoms with Crippen LogP contribution in [0.25, 0.3) is 0 Å². The summed E-state index contributed by atoms with van der Waals surface area (Å²) in [5.41, 5.74) is 0.133. The van der Waals surface area contributed by atoms with Crippen LogP contribution in [-0.2, 0) is 20.6 Å². The van der Waals surface area contributed by atoms with Gasteiger partial charge in [0.25, 0.3) is 5.56 Å². The van der Waals surface area contributed by atoms with E-state index in [2.05, 4.69) is 10.2 Å². The van der Waals surface area contributed by atoms with Gasteiger partial charge in [-0.3, -0.25) is 9.36 Å². The lowest BCUT2D eigenvalue weighted by atomic mass is 10.3. The third-order valence-electron chi connectivity index (χ3n) is 3.64. The van der Waals surface area contributed by atoms with E-state index in [1.54, 1.807) is 13.2 Å². The molecule has 2 heterocycles. The van der Waals surface area contributed by atoms with Gasteiger partial charge in [-0.05, 0) is 25.9 Å². The van der Waals surface area contributed by atoms with Crippen LogP contribution in [0.1, 0.15) is 18.4 Å². The highest BCUT2D eigenvalue weighted by Gasteiger charge is 2.10. The molecule has 1 fully saturated rings. The quantitative estimate of drug-likeness (QED) is 0.714. The van der Waals surface area contributed by atoms with Crippen LogP contribution in [0, 0.1) is 0 Å². The molecule has 6 heteroatoms. The summed E-state index contributed by atoms with van der Waals surface area (Å²) in [4.78, 5) is 25.9. The molecule has 0 atom stereocenters. The summed E-state index contributed by atoms with van der Waals surface area (Å²) in [5.74, 6) is 0. The molecule has 0 aromatic carbocycles. The highest BCUT2D eigenvalue weighted by atomic mass is 16.2. The topological polar surface area (TPSA) is 59.3 Å². The number of likely N-dealkylation sites (tertiary alicyclic amines) is 1. The maximum Gasteiger partial charge on any atom is 0.330 e. The Kier molecular flexibility index (Phi) is 4.55. The van der Waals surface area contributed by atoms with E-state index >= 15 is 0 Å². The lowest BCUT2D eigenvalue weighted by Crippen LogP contribution is -2.40. The summed E-state index contributed by atoms with van der Waals surface area (Å²) in [6, 6.07) is 0. The minimum atomic E-state index is -0.286. The van der Waals surface area contributed by atoms with Crippen LogP contribution in [0.3, 0.4) is 0 Å². The monoisotopic (exact) mass is 266 g/mol. The van der Waals surface area contributed by atoms with E-state index in [1.807, 2.05) is 0 Å². The second-order valence-electron chi connectivity index (χ2n) is 5.14. The summed E-state index contributed by atoms with van der Waals surface area (Å²) >= 11 is 0. The predicted octanol–water partition coefficient (Wildman–Crippen LogP) is -0.731. The van der Waals surface area contributed by atoms with Crippen LogP contribution in [-0.4, -0.2) is 40.2 Å². The molecule has 0 unspecified atom stereocenters. The normalized spacial score (nSPS) is 16.1. The Labute approximate surface area is 112 Å². The molecule has 106 valence electrons. The van der Waals surface area contributed by atoms with Crippen LogP contribution in [0.4, 0.5) is 0 Å². The van der Waals surface area contributed by atoms with Gasteiger partial charge in [-0.2, -0.15) is 0 Å². The molecule has 2 rings (SSSR count). The summed E-state index contributed by atoms with van der Waals surface area (Å²) < 4.78 is 2.59. The summed E-state index contributed by atoms with van der Waals surface area (Å²) in [6.07, 6.45) is 4.20. The Morgan fingerprint density at radius 3 is 2.58 bits per heavy atom. The number of aromatic nitrogens is 2. The molecule has 0 aliphatic carbocycles. The third kappa shape index (κ3) is 3.33. The van der Waals surface area contributed by atoms with Crippen LogP contribution >= 0.6 is 0 Å². The Balaban J connectivity index is 1.89. The van der Waals surface area contributed by atoms with Gasteiger partial charge in [-0.15, -0.1) is 0 Å². The zero-order valence-corrected chi connectivity index (χ0v) is 11.7. The van der Waals surface area contributed by atoms with Gasteiger partial charge in [-0.1, -0.05) is 0 Å². The number of hydrogen-bond acceptors (Lipinski definition) is 4. The van der Waals surface area contributed by atoms with Crippen LogP contribution < -0.4 is 16.6 Å². The first-order chi connectivity index (χ1) is 9.09. The van der Waals surface area contributed by atoms with E-state index in [0.29, 0.717) is 12.1 Å². The lowest BCUT2D eigenvalue weighted by Gasteiger charge is -2.14. The largest absolute Gasteiger partial charge is 0.330 e. The minimum Gasteiger partial charge on any atom is -0.311 e. The standard InChI is InChI=1S/C13H22N4O2/c1-15-10-11(12(18)16(2)13(15)19)9-14-5-8-17-6-3-4-7-17/h10,14H,3-9H2,1-2H3. The fourth-order valence-corrected chi connectivity index (χ4v) is 2.47. The first-order valence-electron chi connectivity index (χ1n) is 6.78. The van der Waals surface area contributed by atoms with Gasteiger partial charge >= 0.3 is 5.69 Å². The second-order valence-corrected chi connectivity index (χ2v) is 5.14. The molecule has 1 saturated heterocycles. The molecular formula is C13H22N4O2. The Morgan fingerprint density at radius 1 is 1.21 bits per heavy atom. The predicted molar refractivity (Wildman–Crippen MR) is 74.3 cm³/mol. The van der Waals surface area contributed by atoms with Crippen molar-refractivity contribution in [2.45, 2.75) is 19.4 Å². The van der Waals surface area contributed by atoms with Crippen LogP contribution in [0.15, 0.2) is 15.8 Å². The van der Waals surface area contributed by atoms with Gasteiger partial charge < -0.3 is 14.8 Å². The summed E-state index contributed by atoms with van der Waals surface area (Å²) in [7, 11) is 3.17. The van der Waals surface area contributed by atoms with Crippen molar-refractivity contribution in [1.29, 1.82) is 0 Å². The maximum atomic E-state index is 11.9. The average Bonchev–Trinajstić information content (AvgIpc) is 2.91. The van der Waals surface area contributed by atoms with Crippen molar-refractivity contribution in [2.75, 3.05) is 26.2 Å². The number of hydrogen-bond donors (Lipinski definition) is 1. The van der Waals surface area contributed by atoms with Crippen molar-refractivity contribution in [2.24, 2.45) is 14.1 Å². The molecule has 0 spiro atoms. The van der Waals surface area contributed by atoms with Crippen molar-refractivity contribution in [3.8, 4) is 0 Å². The van der Waals surface area contributed by atoms with Gasteiger partial charge in [0.15, 0.2) is 0 Å². The summed E-state index contributed by atoms with van der Waals surface area (Å²) in [6.45, 7) is 4.76. The minimum absolute atomic E-state index is 0.211. The average molecular weight is 266 g/mol. The van der Waals surface area contributed by atoms with Crippen molar-refractivity contribution >= 4 is 0 Å². The van der Waals surface area contributed by atoms with Crippen molar-refractivity contribution in [3.63, 3.8) is 0 Å². The number of aryl methyl sites for hydroxylation is 1. The van der Waals surface area contributed by atoms with Gasteiger partial charge in [0.05, 0.1) is 0 Å². The highest BCUT2D eigenvalue weighted by Crippen LogP contribution is 2.05. The van der Waals surface area contributed by atoms with Gasteiger partial charge in [0.1, 0.15) is 0 Å². The van der Waals surface area contributed by atoms with Gasteiger partial charge in [0.2, 0.25) is 0 Å². The molecule has 1 N–H and O–H groups in total. The molecular weight excluding hydrogens is 244 g/mol. The lowest BCUT2D eigenvalue weighted by molar-refractivity contribution is 0.335. The molecule has 19 heavy (non-hydrogen) atoms. The van der Waals surface area contributed by atoms with E-state index in [1.165, 1.54) is 37.5 Å². The fraction of sp³-hybridized carbons (Fsp3) is 0.692. The molecule has 0 amide bonds. The van der Waals surface area contributed by atoms with Crippen LogP contribution in [0.5, 0.6) is 0 Å². The molecule has 0 radical (unpaired) electrons. The third-order valence-corrected chi connectivity index (χ3v) is 3.64. The second kappa shape index (κ2) is 6.16. The molecule has 6 nitrogen and oxygen atoms in total. The number of rotatable bonds is 5. The first-order valence-corrected chi connectivity index (χ1v) is 6.78. The Hall–Kier alpha value is -1.40. The van der Waals surface area contributed by atoms with Crippen LogP contribution in [0.2, 0.25) is 0 Å². The van der Waals surface area contributed by atoms with Crippen molar-refractivity contribution in [3.05, 3.63) is 32.6 Å². The molecule has 1 aromatic heterocycles. The summed E-state index contributed by atoms with van der Waals surface area (Å²) in [5, 5.41) is 3.27. The SMILES string of the molecule is Cn1cc(CNCCN2CCCC2)c(=O)n(C)c1=O. The van der Waals surface area contributed by atoms with E-state index in [0.717, 1.165) is 17.7 Å². The van der Waals surface area contributed by atoms with E-state index in [9.17, 15) is 9.59 Å². The number of nitrogens with zero attached hydrogens (tertiary/aromatic N) is 3. The first kappa shape index (κ1) is 14.0. The smallest absolute Gasteiger partial charge is 0.311 e. The van der Waals surface area contributed by atoms with E-state index in [-0.39, 0.29) is 11.2 Å². The van der Waals surface area contributed by atoms with Crippen molar-refractivity contribution in [1.82, 2.24) is 19.4 Å². The van der Waals surface area contributed by atoms with E-state index < -0.39 is 0 Å². The Morgan fingerprint density at radius 2 is 1.89 bits per heavy atom. The molecule has 1 aliphatic heterocycles. The molecule has 0 saturated carbocycles. The zero-order valence-electron chi connectivity index (χ0n) is 11.7. The van der Waals surface area contributed by atoms with E-state index in [4.69, 9.17) is 0 Å². The number of nitrogens with one attached hydrogen (secondary N) is 1.